The van der Waals surface area contributed by atoms with Gasteiger partial charge >= 0.3 is 0 Å². The van der Waals surface area contributed by atoms with Crippen molar-refractivity contribution in [2.75, 3.05) is 0 Å². The van der Waals surface area contributed by atoms with E-state index in [9.17, 15) is 0 Å². The van der Waals surface area contributed by atoms with E-state index in [1.165, 1.54) is 0 Å². The van der Waals surface area contributed by atoms with Crippen LogP contribution in [0.3, 0.4) is 0 Å². The Labute approximate surface area is 43.8 Å². The van der Waals surface area contributed by atoms with Gasteiger partial charge in [0.05, 0.1) is 0 Å². The van der Waals surface area contributed by atoms with E-state index in [1.807, 2.05) is 0 Å². The van der Waals surface area contributed by atoms with Crippen LogP contribution in [-0.2, 0) is 0 Å². The van der Waals surface area contributed by atoms with Crippen LogP contribution in [-0.4, -0.2) is 10.2 Å². The summed E-state index contributed by atoms with van der Waals surface area (Å²) in [5, 5.41) is 16.5. The molecule has 0 aromatic rings. The van der Waals surface area contributed by atoms with Crippen LogP contribution in [0.2, 0.25) is 0 Å². The van der Waals surface area contributed by atoms with E-state index in [2.05, 4.69) is 6.92 Å². The number of hydrogen-bond donors (Lipinski definition) is 2. The van der Waals surface area contributed by atoms with Crippen molar-refractivity contribution < 1.29 is 10.2 Å². The van der Waals surface area contributed by atoms with E-state index in [4.69, 9.17) is 10.2 Å². The maximum absolute atomic E-state index is 8.25. The Morgan fingerprint density at radius 2 is 2.14 bits per heavy atom. The van der Waals surface area contributed by atoms with E-state index in [0.29, 0.717) is 6.42 Å². The van der Waals surface area contributed by atoms with Crippen LogP contribution >= 0.6 is 0 Å². The van der Waals surface area contributed by atoms with Crippen molar-refractivity contribution in [2.45, 2.75) is 13.3 Å². The molecule has 2 nitrogen and oxygen atoms in total. The Morgan fingerprint density at radius 1 is 1.71 bits per heavy atom. The van der Waals surface area contributed by atoms with Crippen molar-refractivity contribution in [1.29, 1.82) is 0 Å². The molecule has 2 N–H and O–H groups in total. The first-order chi connectivity index (χ1) is 3.18. The molecule has 0 rings (SSSR count). The van der Waals surface area contributed by atoms with Crippen LogP contribution in [0.4, 0.5) is 0 Å². The molecule has 0 bridgehead atoms. The molecule has 0 aliphatic carbocycles. The van der Waals surface area contributed by atoms with Crippen LogP contribution < -0.4 is 0 Å². The topological polar surface area (TPSA) is 40.5 Å². The van der Waals surface area contributed by atoms with Crippen LogP contribution in [0.5, 0.6) is 0 Å². The van der Waals surface area contributed by atoms with Crippen LogP contribution in [0, 0.1) is 19.1 Å². The third-order valence-corrected chi connectivity index (χ3v) is 0.874. The third-order valence-electron chi connectivity index (χ3n) is 0.874. The molecule has 1 atom stereocenters. The van der Waals surface area contributed by atoms with Gasteiger partial charge in [-0.05, 0) is 6.42 Å². The Morgan fingerprint density at radius 3 is 2.14 bits per heavy atom. The van der Waals surface area contributed by atoms with Crippen molar-refractivity contribution >= 4 is 0 Å². The normalized spacial score (nSPS) is 15.0. The average molecular weight is 102 g/mol. The number of hydrogen-bond acceptors (Lipinski definition) is 2. The highest BCUT2D eigenvalue weighted by Crippen LogP contribution is 2.08. The fraction of sp³-hybridized carbons (Fsp3) is 0.600. The second-order valence-corrected chi connectivity index (χ2v) is 1.55. The van der Waals surface area contributed by atoms with E-state index in [1.54, 1.807) is 6.92 Å². The first kappa shape index (κ1) is 6.92. The summed E-state index contributed by atoms with van der Waals surface area (Å²) < 4.78 is 0. The summed E-state index contributed by atoms with van der Waals surface area (Å²) in [7, 11) is 0. The number of aliphatic hydroxyl groups is 2. The van der Waals surface area contributed by atoms with Crippen molar-refractivity contribution in [3.8, 4) is 0 Å². The summed E-state index contributed by atoms with van der Waals surface area (Å²) in [6, 6.07) is 0. The Hall–Kier alpha value is -0.0800. The zero-order valence-corrected chi connectivity index (χ0v) is 4.39. The van der Waals surface area contributed by atoms with Gasteiger partial charge in [-0.15, -0.1) is 0 Å². The molecule has 0 heterocycles. The molecule has 0 aromatic carbocycles. The lowest BCUT2D eigenvalue weighted by Gasteiger charge is -2.06. The quantitative estimate of drug-likeness (QED) is 0.547. The summed E-state index contributed by atoms with van der Waals surface area (Å²) in [5.41, 5.74) is 0. The lowest BCUT2D eigenvalue weighted by molar-refractivity contribution is 0.0399. The lowest BCUT2D eigenvalue weighted by atomic mass is 10.1. The molecule has 0 aliphatic heterocycles. The molecule has 2 heteroatoms. The molecule has 1 unspecified atom stereocenters. The molecule has 0 spiro atoms. The minimum Gasteiger partial charge on any atom is -0.361 e. The smallest absolute Gasteiger partial charge is 0.221 e. The molecule has 0 aliphatic rings. The van der Waals surface area contributed by atoms with Gasteiger partial charge in [-0.2, -0.15) is 0 Å². The van der Waals surface area contributed by atoms with Gasteiger partial charge in [-0.1, -0.05) is 13.8 Å². The van der Waals surface area contributed by atoms with Crippen molar-refractivity contribution in [2.24, 2.45) is 5.92 Å². The lowest BCUT2D eigenvalue weighted by Crippen LogP contribution is -2.05. The molecular formula is C5H10O2. The summed E-state index contributed by atoms with van der Waals surface area (Å²) in [5.74, 6) is -0.181. The predicted molar refractivity (Wildman–Crippen MR) is 26.3 cm³/mol. The fourth-order valence-corrected chi connectivity index (χ4v) is 0.129. The number of rotatable bonds is 2. The Kier molecular flexibility index (Phi) is 2.96. The summed E-state index contributed by atoms with van der Waals surface area (Å²) in [4.78, 5) is 0. The van der Waals surface area contributed by atoms with Gasteiger partial charge in [-0.3, -0.25) is 0 Å². The largest absolute Gasteiger partial charge is 0.361 e. The van der Waals surface area contributed by atoms with Gasteiger partial charge in [-0.25, -0.2) is 0 Å². The maximum Gasteiger partial charge on any atom is 0.221 e. The molecule has 0 fully saturated rings. The standard InChI is InChI=1S/C5H10O2/c1-3-4(2)5(6)7/h4,6-7H,1,3H2,2H3. The van der Waals surface area contributed by atoms with Crippen molar-refractivity contribution in [3.05, 3.63) is 13.2 Å². The van der Waals surface area contributed by atoms with Crippen molar-refractivity contribution in [3.63, 3.8) is 0 Å². The van der Waals surface area contributed by atoms with Crippen molar-refractivity contribution in [1.82, 2.24) is 0 Å². The molecule has 2 radical (unpaired) electrons. The Bertz CT molecular complexity index is 43.3. The first-order valence-corrected chi connectivity index (χ1v) is 2.22. The minimum absolute atomic E-state index is 0.181. The fourth-order valence-electron chi connectivity index (χ4n) is 0.129. The number of aliphatic hydroxyl groups excluding tert-OH is 1. The molecule has 0 amide bonds. The predicted octanol–water partition coefficient (Wildman–Crippen LogP) is 1.08. The van der Waals surface area contributed by atoms with Crippen LogP contribution in [0.1, 0.15) is 13.3 Å². The molecule has 7 heavy (non-hydrogen) atoms. The second kappa shape index (κ2) is 2.99. The SMILES string of the molecule is [CH2]CC(C)[C](O)O. The van der Waals surface area contributed by atoms with E-state index < -0.39 is 6.29 Å². The van der Waals surface area contributed by atoms with Gasteiger partial charge in [0, 0.05) is 5.92 Å². The highest BCUT2D eigenvalue weighted by molar-refractivity contribution is 4.68. The van der Waals surface area contributed by atoms with Crippen LogP contribution in [0.25, 0.3) is 0 Å². The van der Waals surface area contributed by atoms with Crippen LogP contribution in [0.15, 0.2) is 0 Å². The third kappa shape index (κ3) is 2.60. The highest BCUT2D eigenvalue weighted by atomic mass is 16.5. The molecule has 42 valence electrons. The molecule has 0 saturated carbocycles. The first-order valence-electron chi connectivity index (χ1n) is 2.22. The van der Waals surface area contributed by atoms with Gasteiger partial charge in [0.1, 0.15) is 0 Å². The summed E-state index contributed by atoms with van der Waals surface area (Å²) in [6.07, 6.45) is 0.0116. The van der Waals surface area contributed by atoms with Gasteiger partial charge in [0.2, 0.25) is 6.29 Å². The average Bonchev–Trinajstić information content (AvgIpc) is 1.65. The monoisotopic (exact) mass is 102 g/mol. The highest BCUT2D eigenvalue weighted by Gasteiger charge is 2.07. The van der Waals surface area contributed by atoms with Gasteiger partial charge in [0.15, 0.2) is 0 Å². The van der Waals surface area contributed by atoms with Gasteiger partial charge < -0.3 is 10.2 Å². The van der Waals surface area contributed by atoms with E-state index >= 15 is 0 Å². The second-order valence-electron chi connectivity index (χ2n) is 1.55. The molecule has 0 aromatic heterocycles. The Balaban J connectivity index is 3.14. The molecular weight excluding hydrogens is 92.1 g/mol. The summed E-state index contributed by atoms with van der Waals surface area (Å²) >= 11 is 0. The zero-order chi connectivity index (χ0) is 5.86. The zero-order valence-electron chi connectivity index (χ0n) is 4.39. The molecule has 0 saturated heterocycles. The maximum atomic E-state index is 8.25. The summed E-state index contributed by atoms with van der Waals surface area (Å²) in [6.45, 7) is 5.16. The van der Waals surface area contributed by atoms with E-state index in [-0.39, 0.29) is 5.92 Å². The van der Waals surface area contributed by atoms with E-state index in [0.717, 1.165) is 0 Å². The minimum atomic E-state index is -0.519. The van der Waals surface area contributed by atoms with Gasteiger partial charge in [0.25, 0.3) is 0 Å².